The van der Waals surface area contributed by atoms with Crippen molar-refractivity contribution in [1.82, 2.24) is 25.0 Å². The molecule has 3 rings (SSSR count). The molecule has 0 bridgehead atoms. The molecule has 1 aliphatic heterocycles. The fourth-order valence-corrected chi connectivity index (χ4v) is 3.88. The number of piperidine rings is 1. The summed E-state index contributed by atoms with van der Waals surface area (Å²) in [6, 6.07) is 8.43. The third-order valence-electron chi connectivity index (χ3n) is 5.09. The lowest BCUT2D eigenvalue weighted by atomic mass is 10.0. The Labute approximate surface area is 166 Å². The van der Waals surface area contributed by atoms with Crippen molar-refractivity contribution in [3.63, 3.8) is 0 Å². The third-order valence-corrected chi connectivity index (χ3v) is 5.40. The highest BCUT2D eigenvalue weighted by molar-refractivity contribution is 7.71. The molecule has 1 aliphatic rings. The topological polar surface area (TPSA) is 66.0 Å². The van der Waals surface area contributed by atoms with Crippen LogP contribution in [-0.4, -0.2) is 51.2 Å². The van der Waals surface area contributed by atoms with E-state index < -0.39 is 0 Å². The fraction of sp³-hybridized carbons (Fsp3) is 0.550. The Kier molecular flexibility index (Phi) is 6.79. The van der Waals surface area contributed by atoms with Crippen molar-refractivity contribution in [3.05, 3.63) is 34.6 Å². The van der Waals surface area contributed by atoms with Gasteiger partial charge in [-0.2, -0.15) is 5.10 Å². The SMILES string of the molecule is CCCN1CCC(NC(=O)CCn2c(-c3cccc(C)c3)n[nH]c2=S)CC1. The zero-order valence-corrected chi connectivity index (χ0v) is 17.0. The Morgan fingerprint density at radius 3 is 2.81 bits per heavy atom. The standard InChI is InChI=1S/C20H29N5OS/c1-3-10-24-11-7-17(8-12-24)21-18(26)9-13-25-19(22-23-20(25)27)16-6-4-5-15(2)14-16/h4-6,14,17H,3,7-13H2,1-2H3,(H,21,26)(H,23,27). The zero-order valence-electron chi connectivity index (χ0n) is 16.2. The van der Waals surface area contributed by atoms with Crippen molar-refractivity contribution in [2.45, 2.75) is 52.1 Å². The highest BCUT2D eigenvalue weighted by atomic mass is 32.1. The summed E-state index contributed by atoms with van der Waals surface area (Å²) in [4.78, 5) is 14.9. The van der Waals surface area contributed by atoms with Gasteiger partial charge < -0.3 is 10.2 Å². The van der Waals surface area contributed by atoms with Gasteiger partial charge in [-0.05, 0) is 51.0 Å². The van der Waals surface area contributed by atoms with Crippen LogP contribution in [0.3, 0.4) is 0 Å². The lowest BCUT2D eigenvalue weighted by molar-refractivity contribution is -0.122. The molecule has 2 N–H and O–H groups in total. The molecule has 6 nitrogen and oxygen atoms in total. The van der Waals surface area contributed by atoms with Gasteiger partial charge in [-0.3, -0.25) is 14.5 Å². The van der Waals surface area contributed by atoms with E-state index in [1.54, 1.807) is 0 Å². The first-order valence-corrected chi connectivity index (χ1v) is 10.2. The van der Waals surface area contributed by atoms with Crippen LogP contribution in [0, 0.1) is 11.7 Å². The fourth-order valence-electron chi connectivity index (χ4n) is 3.66. The molecule has 7 heteroatoms. The maximum absolute atomic E-state index is 12.4. The van der Waals surface area contributed by atoms with Crippen LogP contribution < -0.4 is 5.32 Å². The average Bonchev–Trinajstić information content (AvgIpc) is 3.02. The molecule has 146 valence electrons. The van der Waals surface area contributed by atoms with E-state index >= 15 is 0 Å². The van der Waals surface area contributed by atoms with Crippen molar-refractivity contribution in [3.8, 4) is 11.4 Å². The molecule has 1 aromatic heterocycles. The molecule has 1 amide bonds. The monoisotopic (exact) mass is 387 g/mol. The van der Waals surface area contributed by atoms with Gasteiger partial charge in [-0.15, -0.1) is 0 Å². The summed E-state index contributed by atoms with van der Waals surface area (Å²) in [5, 5.41) is 10.4. The molecule has 1 saturated heterocycles. The predicted molar refractivity (Wildman–Crippen MR) is 110 cm³/mol. The Morgan fingerprint density at radius 2 is 2.11 bits per heavy atom. The summed E-state index contributed by atoms with van der Waals surface area (Å²) in [5.41, 5.74) is 2.17. The van der Waals surface area contributed by atoms with Crippen molar-refractivity contribution in [2.75, 3.05) is 19.6 Å². The number of nitrogens with one attached hydrogen (secondary N) is 2. The van der Waals surface area contributed by atoms with Gasteiger partial charge in [-0.25, -0.2) is 0 Å². The van der Waals surface area contributed by atoms with E-state index in [0.29, 0.717) is 23.8 Å². The van der Waals surface area contributed by atoms with E-state index in [9.17, 15) is 4.79 Å². The van der Waals surface area contributed by atoms with E-state index in [1.807, 2.05) is 29.7 Å². The highest BCUT2D eigenvalue weighted by Gasteiger charge is 2.20. The Hall–Kier alpha value is -1.99. The number of aromatic amines is 1. The van der Waals surface area contributed by atoms with Crippen LogP contribution >= 0.6 is 12.2 Å². The molecular weight excluding hydrogens is 358 g/mol. The summed E-state index contributed by atoms with van der Waals surface area (Å²) in [6.45, 7) is 8.08. The summed E-state index contributed by atoms with van der Waals surface area (Å²) < 4.78 is 2.46. The normalized spacial score (nSPS) is 15.8. The van der Waals surface area contributed by atoms with Crippen LogP contribution in [0.25, 0.3) is 11.4 Å². The number of hydrogen-bond acceptors (Lipinski definition) is 4. The summed E-state index contributed by atoms with van der Waals surface area (Å²) in [6.07, 6.45) is 3.66. The lowest BCUT2D eigenvalue weighted by Crippen LogP contribution is -2.44. The van der Waals surface area contributed by atoms with E-state index in [1.165, 1.54) is 12.0 Å². The molecular formula is C20H29N5OS. The molecule has 0 atom stereocenters. The van der Waals surface area contributed by atoms with E-state index in [4.69, 9.17) is 12.2 Å². The number of aromatic nitrogens is 3. The maximum Gasteiger partial charge on any atom is 0.222 e. The van der Waals surface area contributed by atoms with Gasteiger partial charge in [0.1, 0.15) is 0 Å². The molecule has 0 spiro atoms. The second kappa shape index (κ2) is 9.28. The number of likely N-dealkylation sites (tertiary alicyclic amines) is 1. The van der Waals surface area contributed by atoms with Crippen molar-refractivity contribution >= 4 is 18.1 Å². The van der Waals surface area contributed by atoms with Gasteiger partial charge in [0.2, 0.25) is 5.91 Å². The van der Waals surface area contributed by atoms with Crippen LogP contribution in [0.4, 0.5) is 0 Å². The number of rotatable bonds is 7. The quantitative estimate of drug-likeness (QED) is 0.716. The van der Waals surface area contributed by atoms with Gasteiger partial charge >= 0.3 is 0 Å². The largest absolute Gasteiger partial charge is 0.353 e. The second-order valence-corrected chi connectivity index (χ2v) is 7.69. The van der Waals surface area contributed by atoms with Crippen molar-refractivity contribution < 1.29 is 4.79 Å². The summed E-state index contributed by atoms with van der Waals surface area (Å²) in [5.74, 6) is 0.867. The molecule has 1 fully saturated rings. The number of nitrogens with zero attached hydrogens (tertiary/aromatic N) is 3. The zero-order chi connectivity index (χ0) is 19.2. The molecule has 27 heavy (non-hydrogen) atoms. The van der Waals surface area contributed by atoms with Crippen molar-refractivity contribution in [1.29, 1.82) is 0 Å². The summed E-state index contributed by atoms with van der Waals surface area (Å²) in [7, 11) is 0. The van der Waals surface area contributed by atoms with Gasteiger partial charge in [0.15, 0.2) is 10.6 Å². The van der Waals surface area contributed by atoms with Crippen LogP contribution in [0.15, 0.2) is 24.3 Å². The first kappa shape index (κ1) is 19.8. The minimum atomic E-state index is 0.0854. The number of aryl methyl sites for hydroxylation is 1. The number of benzene rings is 1. The molecule has 0 aliphatic carbocycles. The van der Waals surface area contributed by atoms with E-state index in [-0.39, 0.29) is 5.91 Å². The number of carbonyl (C=O) groups excluding carboxylic acids is 1. The van der Waals surface area contributed by atoms with Crippen LogP contribution in [0.5, 0.6) is 0 Å². The maximum atomic E-state index is 12.4. The number of H-pyrrole nitrogens is 1. The first-order chi connectivity index (χ1) is 13.1. The number of amides is 1. The molecule has 0 radical (unpaired) electrons. The van der Waals surface area contributed by atoms with E-state index in [0.717, 1.165) is 43.9 Å². The van der Waals surface area contributed by atoms with Crippen LogP contribution in [0.2, 0.25) is 0 Å². The molecule has 0 unspecified atom stereocenters. The van der Waals surface area contributed by atoms with Gasteiger partial charge in [-0.1, -0.05) is 30.7 Å². The minimum Gasteiger partial charge on any atom is -0.353 e. The van der Waals surface area contributed by atoms with Crippen LogP contribution in [-0.2, 0) is 11.3 Å². The van der Waals surface area contributed by atoms with Gasteiger partial charge in [0.05, 0.1) is 0 Å². The van der Waals surface area contributed by atoms with Gasteiger partial charge in [0.25, 0.3) is 0 Å². The molecule has 2 heterocycles. The number of hydrogen-bond donors (Lipinski definition) is 2. The third kappa shape index (κ3) is 5.26. The molecule has 1 aromatic carbocycles. The second-order valence-electron chi connectivity index (χ2n) is 7.31. The summed E-state index contributed by atoms with van der Waals surface area (Å²) >= 11 is 5.36. The Bertz CT molecular complexity index is 820. The Morgan fingerprint density at radius 1 is 1.33 bits per heavy atom. The Balaban J connectivity index is 1.55. The minimum absolute atomic E-state index is 0.0854. The smallest absolute Gasteiger partial charge is 0.222 e. The molecule has 0 saturated carbocycles. The highest BCUT2D eigenvalue weighted by Crippen LogP contribution is 2.19. The predicted octanol–water partition coefficient (Wildman–Crippen LogP) is 3.30. The van der Waals surface area contributed by atoms with Crippen molar-refractivity contribution in [2.24, 2.45) is 0 Å². The van der Waals surface area contributed by atoms with Gasteiger partial charge in [0, 0.05) is 37.7 Å². The first-order valence-electron chi connectivity index (χ1n) is 9.80. The average molecular weight is 388 g/mol. The molecule has 2 aromatic rings. The number of carbonyl (C=O) groups is 1. The van der Waals surface area contributed by atoms with Crippen LogP contribution in [0.1, 0.15) is 38.2 Å². The lowest BCUT2D eigenvalue weighted by Gasteiger charge is -2.32. The van der Waals surface area contributed by atoms with E-state index in [2.05, 4.69) is 33.4 Å².